The van der Waals surface area contributed by atoms with Crippen LogP contribution in [0.2, 0.25) is 0 Å². The van der Waals surface area contributed by atoms with E-state index in [9.17, 15) is 33.9 Å². The first-order valence-electron chi connectivity index (χ1n) is 32.1. The monoisotopic (exact) mass is 1160 g/mol. The van der Waals surface area contributed by atoms with E-state index in [0.29, 0.717) is 104 Å². The Morgan fingerprint density at radius 1 is 0.807 bits per heavy atom. The molecule has 4 aliphatic heterocycles. The van der Waals surface area contributed by atoms with Crippen molar-refractivity contribution in [1.82, 2.24) is 36.8 Å². The van der Waals surface area contributed by atoms with Crippen LogP contribution in [0.25, 0.3) is 0 Å². The number of hydrogen-bond acceptors (Lipinski definition) is 10. The number of amides is 6. The molecule has 6 fully saturated rings. The lowest BCUT2D eigenvalue weighted by Crippen LogP contribution is -2.54. The van der Waals surface area contributed by atoms with Gasteiger partial charge in [0, 0.05) is 92.5 Å². The topological polar surface area (TPSA) is 207 Å². The molecule has 2 aromatic carbocycles. The zero-order valence-corrected chi connectivity index (χ0v) is 50.8. The summed E-state index contributed by atoms with van der Waals surface area (Å²) in [4.78, 5) is 80.3. The molecule has 0 aromatic heterocycles. The highest BCUT2D eigenvalue weighted by molar-refractivity contribution is 8.00. The first kappa shape index (κ1) is 61.1. The van der Waals surface area contributed by atoms with Crippen LogP contribution in [-0.2, 0) is 30.3 Å². The van der Waals surface area contributed by atoms with Gasteiger partial charge in [0.2, 0.25) is 23.6 Å². The van der Waals surface area contributed by atoms with Crippen molar-refractivity contribution in [2.75, 3.05) is 38.5 Å². The van der Waals surface area contributed by atoms with Gasteiger partial charge in [-0.1, -0.05) is 112 Å². The number of allylic oxidation sites excluding steroid dienone is 2. The SMILES string of the molecule is CC1=C2C[C@H]3[C@@H](CC=C4C[C@@H](O)CC[C@@]43C)[C@@H]2CC[C@]12O[C@@H]1C[C@H](C)CN(CCNC(=O)CCCCCNC(=O)[C@H](Cc3ccc(C(=O)c4ccccc4)cc3)NC(=O)CCCCCNC(=O)CCCCC3SC[C@@H]4NC(=O)N[C@H]34)[C@H]1[C@H]2C. The number of benzene rings is 2. The average Bonchev–Trinajstić information content (AvgIpc) is 1.84. The van der Waals surface area contributed by atoms with Crippen molar-refractivity contribution in [3.63, 3.8) is 0 Å². The van der Waals surface area contributed by atoms with Crippen LogP contribution in [0.3, 0.4) is 0 Å². The Morgan fingerprint density at radius 3 is 2.27 bits per heavy atom. The van der Waals surface area contributed by atoms with Crippen LogP contribution < -0.4 is 31.9 Å². The Bertz CT molecular complexity index is 2700. The molecule has 10 rings (SSSR count). The summed E-state index contributed by atoms with van der Waals surface area (Å²) in [5.41, 5.74) is 6.65. The molecule has 1 spiro atoms. The van der Waals surface area contributed by atoms with Crippen molar-refractivity contribution >= 4 is 47.2 Å². The predicted molar refractivity (Wildman–Crippen MR) is 325 cm³/mol. The lowest BCUT2D eigenvalue weighted by atomic mass is 9.56. The standard InChI is InChI=1S/C67H95N7O8S/c1-42-36-56-62(44(3)67(82-56)31-29-50-51-27-26-48-38-49(75)28-30-66(48,4)53(51)39-52(50)43(67)2)74(40-42)35-34-69-59(77)19-10-6-15-33-70-64(80)54(37-45-22-24-47(25-23-45)63(79)46-16-8-5-9-17-46)71-60(78)21-11-7-14-32-68-58(76)20-13-12-18-57-61-55(41-83-57)72-65(81)73-61/h5,8-9,16-17,22-26,42,44,49-51,53-57,61-62,75H,6-7,10-15,18-21,27-41H2,1-4H3,(H,68,76)(H,69,77)(H,70,80)(H,71,78)(H2,72,73,81)/t42-,44+,49-,50-,51-,53-,54-,55-,56+,57?,61-,62-,66-,67-/m0/s1. The maximum Gasteiger partial charge on any atom is 0.315 e. The van der Waals surface area contributed by atoms with E-state index in [0.717, 1.165) is 101 Å². The smallest absolute Gasteiger partial charge is 0.315 e. The molecule has 452 valence electrons. The van der Waals surface area contributed by atoms with Gasteiger partial charge in [-0.3, -0.25) is 28.9 Å². The number of ether oxygens (including phenoxy) is 1. The van der Waals surface area contributed by atoms with Gasteiger partial charge < -0.3 is 41.7 Å². The molecule has 0 bridgehead atoms. The quantitative estimate of drug-likeness (QED) is 0.0206. The molecule has 15 nitrogen and oxygen atoms in total. The lowest BCUT2D eigenvalue weighted by molar-refractivity contribution is -0.129. The third-order valence-electron chi connectivity index (χ3n) is 21.0. The molecule has 0 radical (unpaired) electrons. The Labute approximate surface area is 497 Å². The molecule has 4 saturated heterocycles. The Kier molecular flexibility index (Phi) is 20.3. The fraction of sp³-hybridized carbons (Fsp3) is 0.672. The first-order chi connectivity index (χ1) is 40.1. The van der Waals surface area contributed by atoms with Crippen molar-refractivity contribution in [2.24, 2.45) is 35.0 Å². The van der Waals surface area contributed by atoms with Gasteiger partial charge in [-0.25, -0.2) is 4.79 Å². The number of aliphatic hydroxyl groups excluding tert-OH is 1. The van der Waals surface area contributed by atoms with Gasteiger partial charge in [0.1, 0.15) is 6.04 Å². The highest BCUT2D eigenvalue weighted by Gasteiger charge is 2.61. The maximum absolute atomic E-state index is 13.8. The fourth-order valence-corrected chi connectivity index (χ4v) is 18.1. The molecule has 2 aromatic rings. The van der Waals surface area contributed by atoms with Crippen molar-refractivity contribution in [2.45, 2.75) is 210 Å². The number of hydrogen-bond donors (Lipinski definition) is 7. The van der Waals surface area contributed by atoms with E-state index in [1.54, 1.807) is 29.8 Å². The molecule has 7 N–H and O–H groups in total. The zero-order chi connectivity index (χ0) is 58.3. The van der Waals surface area contributed by atoms with E-state index in [2.05, 4.69) is 70.6 Å². The first-order valence-corrected chi connectivity index (χ1v) is 33.1. The molecule has 2 saturated carbocycles. The summed E-state index contributed by atoms with van der Waals surface area (Å²) in [7, 11) is 0. The van der Waals surface area contributed by atoms with Crippen LogP contribution in [-0.4, -0.2) is 131 Å². The number of fused-ring (bicyclic) bond motifs is 7. The van der Waals surface area contributed by atoms with Gasteiger partial charge in [0.15, 0.2) is 5.78 Å². The van der Waals surface area contributed by atoms with Crippen LogP contribution in [0.4, 0.5) is 4.79 Å². The van der Waals surface area contributed by atoms with E-state index in [1.165, 1.54) is 24.0 Å². The molecule has 4 heterocycles. The number of ketones is 1. The summed E-state index contributed by atoms with van der Waals surface area (Å²) in [5, 5.41) is 29.2. The maximum atomic E-state index is 13.8. The second kappa shape index (κ2) is 27.6. The number of piperidine rings is 1. The molecule has 4 aliphatic carbocycles. The number of likely N-dealkylation sites (tertiary alicyclic amines) is 1. The largest absolute Gasteiger partial charge is 0.393 e. The number of urea groups is 1. The normalized spacial score (nSPS) is 31.8. The summed E-state index contributed by atoms with van der Waals surface area (Å²) in [6, 6.07) is 16.1. The Hall–Kier alpha value is -5.03. The summed E-state index contributed by atoms with van der Waals surface area (Å²) in [6.07, 6.45) is 19.4. The fourth-order valence-electron chi connectivity index (χ4n) is 16.5. The minimum absolute atomic E-state index is 0.0299. The number of aliphatic hydroxyl groups is 1. The van der Waals surface area contributed by atoms with Crippen LogP contribution in [0.5, 0.6) is 0 Å². The molecular weight excluding hydrogens is 1060 g/mol. The molecule has 1 unspecified atom stereocenters. The van der Waals surface area contributed by atoms with Crippen molar-refractivity contribution in [3.8, 4) is 0 Å². The van der Waals surface area contributed by atoms with Crippen LogP contribution in [0.1, 0.15) is 178 Å². The summed E-state index contributed by atoms with van der Waals surface area (Å²) in [5.74, 6) is 3.30. The predicted octanol–water partition coefficient (Wildman–Crippen LogP) is 8.87. The molecular formula is C67H95N7O8S. The van der Waals surface area contributed by atoms with Crippen molar-refractivity contribution in [3.05, 3.63) is 94.1 Å². The van der Waals surface area contributed by atoms with Gasteiger partial charge >= 0.3 is 6.03 Å². The summed E-state index contributed by atoms with van der Waals surface area (Å²) in [6.45, 7) is 13.1. The number of nitrogens with one attached hydrogen (secondary N) is 6. The number of thioether (sulfide) groups is 1. The van der Waals surface area contributed by atoms with E-state index in [1.807, 2.05) is 42.1 Å². The van der Waals surface area contributed by atoms with Crippen molar-refractivity contribution < 1.29 is 38.6 Å². The van der Waals surface area contributed by atoms with Crippen LogP contribution in [0, 0.1) is 35.0 Å². The van der Waals surface area contributed by atoms with Crippen LogP contribution >= 0.6 is 11.8 Å². The Balaban J connectivity index is 0.635. The van der Waals surface area contributed by atoms with Crippen LogP contribution in [0.15, 0.2) is 77.4 Å². The van der Waals surface area contributed by atoms with E-state index < -0.39 is 6.04 Å². The lowest BCUT2D eigenvalue weighted by Gasteiger charge is -2.49. The highest BCUT2D eigenvalue weighted by atomic mass is 32.2. The number of carbonyl (C=O) groups is 6. The van der Waals surface area contributed by atoms with E-state index in [4.69, 9.17) is 4.74 Å². The van der Waals surface area contributed by atoms with Gasteiger partial charge in [-0.15, -0.1) is 0 Å². The number of nitrogens with zero attached hydrogens (tertiary/aromatic N) is 1. The molecule has 83 heavy (non-hydrogen) atoms. The third-order valence-corrected chi connectivity index (χ3v) is 22.5. The molecule has 8 aliphatic rings. The minimum atomic E-state index is -0.816. The second-order valence-electron chi connectivity index (χ2n) is 26.4. The zero-order valence-electron chi connectivity index (χ0n) is 50.0. The second-order valence-corrected chi connectivity index (χ2v) is 27.7. The average molecular weight is 1160 g/mol. The molecule has 14 atom stereocenters. The number of carbonyl (C=O) groups excluding carboxylic acids is 6. The van der Waals surface area contributed by atoms with Crippen molar-refractivity contribution in [1.29, 1.82) is 0 Å². The van der Waals surface area contributed by atoms with Gasteiger partial charge in [0.05, 0.1) is 29.9 Å². The summed E-state index contributed by atoms with van der Waals surface area (Å²) < 4.78 is 7.39. The van der Waals surface area contributed by atoms with Gasteiger partial charge in [0.25, 0.3) is 0 Å². The minimum Gasteiger partial charge on any atom is -0.393 e. The number of unbranched alkanes of at least 4 members (excludes halogenated alkanes) is 5. The Morgan fingerprint density at radius 2 is 1.51 bits per heavy atom. The highest BCUT2D eigenvalue weighted by Crippen LogP contribution is 2.65. The molecule has 6 amide bonds. The van der Waals surface area contributed by atoms with E-state index in [-0.39, 0.29) is 83.6 Å². The van der Waals surface area contributed by atoms with Gasteiger partial charge in [-0.05, 0) is 137 Å². The van der Waals surface area contributed by atoms with E-state index >= 15 is 0 Å². The number of rotatable bonds is 26. The summed E-state index contributed by atoms with van der Waals surface area (Å²) >= 11 is 1.89. The van der Waals surface area contributed by atoms with Gasteiger partial charge in [-0.2, -0.15) is 11.8 Å². The molecule has 16 heteroatoms. The third kappa shape index (κ3) is 14.1.